The Morgan fingerprint density at radius 1 is 0.970 bits per heavy atom. The highest BCUT2D eigenvalue weighted by Crippen LogP contribution is 2.30. The van der Waals surface area contributed by atoms with Crippen LogP contribution >= 0.6 is 0 Å². The molecule has 0 aromatic heterocycles. The van der Waals surface area contributed by atoms with Gasteiger partial charge in [-0.15, -0.1) is 0 Å². The Balaban J connectivity index is 1.47. The number of hydrogen-bond acceptors (Lipinski definition) is 4. The van der Waals surface area contributed by atoms with E-state index in [0.717, 1.165) is 16.0 Å². The van der Waals surface area contributed by atoms with Gasteiger partial charge in [0.05, 0.1) is 7.11 Å². The van der Waals surface area contributed by atoms with Crippen LogP contribution in [0.5, 0.6) is 5.75 Å². The smallest absolute Gasteiger partial charge is 0.325 e. The van der Waals surface area contributed by atoms with Crippen molar-refractivity contribution in [2.75, 3.05) is 19.0 Å². The first-order valence-electron chi connectivity index (χ1n) is 10.6. The number of imide groups is 1. The molecule has 1 saturated heterocycles. The fourth-order valence-corrected chi connectivity index (χ4v) is 3.91. The Kier molecular flexibility index (Phi) is 6.13. The molecule has 1 aliphatic heterocycles. The van der Waals surface area contributed by atoms with E-state index in [-0.39, 0.29) is 6.54 Å². The zero-order valence-electron chi connectivity index (χ0n) is 18.5. The first-order valence-corrected chi connectivity index (χ1v) is 10.6. The lowest BCUT2D eigenvalue weighted by atomic mass is 9.92. The molecule has 0 aliphatic carbocycles. The molecule has 7 nitrogen and oxygen atoms in total. The molecule has 3 aromatic carbocycles. The summed E-state index contributed by atoms with van der Waals surface area (Å²) in [6.45, 7) is 1.25. The molecule has 0 spiro atoms. The van der Waals surface area contributed by atoms with Gasteiger partial charge < -0.3 is 15.4 Å². The second-order valence-corrected chi connectivity index (χ2v) is 8.04. The van der Waals surface area contributed by atoms with Crippen LogP contribution in [0.15, 0.2) is 78.9 Å². The number of urea groups is 1. The first-order chi connectivity index (χ1) is 15.9. The summed E-state index contributed by atoms with van der Waals surface area (Å²) >= 11 is 0. The van der Waals surface area contributed by atoms with Crippen LogP contribution in [0.3, 0.4) is 0 Å². The molecule has 0 radical (unpaired) electrons. The molecule has 33 heavy (non-hydrogen) atoms. The van der Waals surface area contributed by atoms with Crippen LogP contribution in [0.25, 0.3) is 0 Å². The highest BCUT2D eigenvalue weighted by Gasteiger charge is 2.49. The molecule has 4 rings (SSSR count). The standard InChI is InChI=1S/C26H25N3O4/c1-26(20-12-14-21(33-2)15-13-20)24(31)29(25(32)28-26)17-23(30)27-22-11-7-6-10-19(22)16-18-8-4-3-5-9-18/h3-15H,16-17H2,1-2H3,(H,27,30)(H,28,32). The summed E-state index contributed by atoms with van der Waals surface area (Å²) in [6, 6.07) is 23.7. The number of nitrogens with zero attached hydrogens (tertiary/aromatic N) is 1. The van der Waals surface area contributed by atoms with Crippen LogP contribution in [0.4, 0.5) is 10.5 Å². The van der Waals surface area contributed by atoms with E-state index >= 15 is 0 Å². The zero-order valence-corrected chi connectivity index (χ0v) is 18.5. The van der Waals surface area contributed by atoms with Gasteiger partial charge in [-0.1, -0.05) is 60.7 Å². The number of nitrogens with one attached hydrogen (secondary N) is 2. The minimum absolute atomic E-state index is 0.379. The summed E-state index contributed by atoms with van der Waals surface area (Å²) in [6.07, 6.45) is 0.649. The number of ether oxygens (including phenoxy) is 1. The summed E-state index contributed by atoms with van der Waals surface area (Å²) in [5.41, 5.74) is 2.06. The van der Waals surface area contributed by atoms with Crippen LogP contribution in [0.1, 0.15) is 23.6 Å². The molecular formula is C26H25N3O4. The maximum absolute atomic E-state index is 13.1. The minimum Gasteiger partial charge on any atom is -0.497 e. The van der Waals surface area contributed by atoms with Crippen LogP contribution in [0.2, 0.25) is 0 Å². The predicted molar refractivity (Wildman–Crippen MR) is 125 cm³/mol. The van der Waals surface area contributed by atoms with Crippen LogP contribution < -0.4 is 15.4 Å². The summed E-state index contributed by atoms with van der Waals surface area (Å²) in [4.78, 5) is 39.4. The molecule has 7 heteroatoms. The van der Waals surface area contributed by atoms with E-state index in [0.29, 0.717) is 23.4 Å². The van der Waals surface area contributed by atoms with E-state index in [1.165, 1.54) is 0 Å². The highest BCUT2D eigenvalue weighted by atomic mass is 16.5. The fourth-order valence-electron chi connectivity index (χ4n) is 3.91. The third-order valence-electron chi connectivity index (χ3n) is 5.77. The Labute approximate surface area is 192 Å². The second-order valence-electron chi connectivity index (χ2n) is 8.04. The van der Waals surface area contributed by atoms with Gasteiger partial charge in [0.15, 0.2) is 0 Å². The van der Waals surface area contributed by atoms with Gasteiger partial charge in [-0.3, -0.25) is 14.5 Å². The first kappa shape index (κ1) is 22.1. The molecule has 0 saturated carbocycles. The molecule has 1 fully saturated rings. The Bertz CT molecular complexity index is 1180. The number of anilines is 1. The second kappa shape index (κ2) is 9.16. The predicted octanol–water partition coefficient (Wildman–Crippen LogP) is 3.69. The minimum atomic E-state index is -1.26. The van der Waals surface area contributed by atoms with Gasteiger partial charge in [-0.2, -0.15) is 0 Å². The van der Waals surface area contributed by atoms with Crippen molar-refractivity contribution in [2.24, 2.45) is 0 Å². The molecule has 1 aliphatic rings. The zero-order chi connectivity index (χ0) is 23.4. The fraction of sp³-hybridized carbons (Fsp3) is 0.192. The Hall–Kier alpha value is -4.13. The average Bonchev–Trinajstić information content (AvgIpc) is 3.05. The van der Waals surface area contributed by atoms with Gasteiger partial charge >= 0.3 is 6.03 Å². The lowest BCUT2D eigenvalue weighted by Gasteiger charge is -2.22. The third kappa shape index (κ3) is 4.57. The van der Waals surface area contributed by atoms with Crippen LogP contribution in [0, 0.1) is 0 Å². The number of carbonyl (C=O) groups is 3. The van der Waals surface area contributed by atoms with Gasteiger partial charge in [0, 0.05) is 5.69 Å². The number of carbonyl (C=O) groups excluding carboxylic acids is 3. The van der Waals surface area contributed by atoms with Crippen LogP contribution in [-0.4, -0.2) is 36.4 Å². The lowest BCUT2D eigenvalue weighted by Crippen LogP contribution is -2.42. The van der Waals surface area contributed by atoms with Crippen molar-refractivity contribution in [3.05, 3.63) is 95.6 Å². The van der Waals surface area contributed by atoms with E-state index in [2.05, 4.69) is 10.6 Å². The number of para-hydroxylation sites is 1. The monoisotopic (exact) mass is 443 g/mol. The third-order valence-corrected chi connectivity index (χ3v) is 5.77. The Morgan fingerprint density at radius 3 is 2.33 bits per heavy atom. The largest absolute Gasteiger partial charge is 0.497 e. The molecular weight excluding hydrogens is 418 g/mol. The van der Waals surface area contributed by atoms with Crippen molar-refractivity contribution >= 4 is 23.5 Å². The van der Waals surface area contributed by atoms with E-state index < -0.39 is 23.4 Å². The van der Waals surface area contributed by atoms with Crippen molar-refractivity contribution in [3.63, 3.8) is 0 Å². The molecule has 168 valence electrons. The number of rotatable bonds is 7. The number of hydrogen-bond donors (Lipinski definition) is 2. The van der Waals surface area contributed by atoms with Gasteiger partial charge in [-0.05, 0) is 48.2 Å². The quantitative estimate of drug-likeness (QED) is 0.545. The van der Waals surface area contributed by atoms with E-state index in [9.17, 15) is 14.4 Å². The maximum Gasteiger partial charge on any atom is 0.325 e. The molecule has 2 N–H and O–H groups in total. The van der Waals surface area contributed by atoms with Gasteiger partial charge in [0.1, 0.15) is 17.8 Å². The topological polar surface area (TPSA) is 87.7 Å². The van der Waals surface area contributed by atoms with E-state index in [4.69, 9.17) is 4.74 Å². The van der Waals surface area contributed by atoms with Crippen LogP contribution in [-0.2, 0) is 21.5 Å². The van der Waals surface area contributed by atoms with Gasteiger partial charge in [0.2, 0.25) is 5.91 Å². The highest BCUT2D eigenvalue weighted by molar-refractivity contribution is 6.10. The molecule has 0 bridgehead atoms. The van der Waals surface area contributed by atoms with E-state index in [1.807, 2.05) is 54.6 Å². The SMILES string of the molecule is COc1ccc(C2(C)NC(=O)N(CC(=O)Nc3ccccc3Cc3ccccc3)C2=O)cc1. The summed E-state index contributed by atoms with van der Waals surface area (Å²) < 4.78 is 5.15. The van der Waals surface area contributed by atoms with Gasteiger partial charge in [-0.25, -0.2) is 4.79 Å². The van der Waals surface area contributed by atoms with Crippen molar-refractivity contribution in [2.45, 2.75) is 18.9 Å². The van der Waals surface area contributed by atoms with Crippen molar-refractivity contribution in [1.82, 2.24) is 10.2 Å². The van der Waals surface area contributed by atoms with Crippen molar-refractivity contribution in [3.8, 4) is 5.75 Å². The lowest BCUT2D eigenvalue weighted by molar-refractivity contribution is -0.133. The average molecular weight is 444 g/mol. The summed E-state index contributed by atoms with van der Waals surface area (Å²) in [5.74, 6) is -0.284. The molecule has 3 aromatic rings. The van der Waals surface area contributed by atoms with Gasteiger partial charge in [0.25, 0.3) is 5.91 Å². The number of amides is 4. The van der Waals surface area contributed by atoms with Crippen molar-refractivity contribution in [1.29, 1.82) is 0 Å². The summed E-state index contributed by atoms with van der Waals surface area (Å²) in [5, 5.41) is 5.57. The molecule has 4 amide bonds. The normalized spacial score (nSPS) is 17.6. The number of benzene rings is 3. The van der Waals surface area contributed by atoms with E-state index in [1.54, 1.807) is 38.3 Å². The Morgan fingerprint density at radius 2 is 1.64 bits per heavy atom. The van der Waals surface area contributed by atoms with Crippen molar-refractivity contribution < 1.29 is 19.1 Å². The maximum atomic E-state index is 13.1. The molecule has 1 atom stereocenters. The number of methoxy groups -OCH3 is 1. The molecule has 1 heterocycles. The summed E-state index contributed by atoms with van der Waals surface area (Å²) in [7, 11) is 1.55. The molecule has 1 unspecified atom stereocenters.